The van der Waals surface area contributed by atoms with Gasteiger partial charge in [0.05, 0.1) is 0 Å². The molecule has 5 heteroatoms. The average Bonchev–Trinajstić information content (AvgIpc) is 2.59. The molecule has 0 aromatic heterocycles. The van der Waals surface area contributed by atoms with Crippen LogP contribution in [0.3, 0.4) is 0 Å². The highest BCUT2D eigenvalue weighted by Crippen LogP contribution is 2.17. The van der Waals surface area contributed by atoms with Gasteiger partial charge in [0.15, 0.2) is 0 Å². The van der Waals surface area contributed by atoms with E-state index >= 15 is 0 Å². The van der Waals surface area contributed by atoms with Gasteiger partial charge in [-0.25, -0.2) is 0 Å². The molecule has 0 aliphatic carbocycles. The highest BCUT2D eigenvalue weighted by Gasteiger charge is 2.04. The Balaban J connectivity index is 0. The van der Waals surface area contributed by atoms with E-state index in [-0.39, 0.29) is 30.9 Å². The van der Waals surface area contributed by atoms with Crippen LogP contribution < -0.4 is 11.1 Å². The Morgan fingerprint density at radius 1 is 0.808 bits per heavy atom. The smallest absolute Gasteiger partial charge is 0.0307 e. The number of rotatable bonds is 15. The van der Waals surface area contributed by atoms with Gasteiger partial charge >= 0.3 is 0 Å². The molecule has 1 unspecified atom stereocenters. The lowest BCUT2D eigenvalue weighted by molar-refractivity contribution is 0.530. The SMILES string of the molecule is CCCCCCCCCCCCNCCC(N)c1ccc(Br)cc1.Cl.Cl. The van der Waals surface area contributed by atoms with Crippen molar-refractivity contribution in [3.8, 4) is 0 Å². The summed E-state index contributed by atoms with van der Waals surface area (Å²) in [6.07, 6.45) is 15.0. The fourth-order valence-electron chi connectivity index (χ4n) is 3.00. The molecule has 0 saturated heterocycles. The predicted molar refractivity (Wildman–Crippen MR) is 125 cm³/mol. The Bertz CT molecular complexity index is 402. The summed E-state index contributed by atoms with van der Waals surface area (Å²) < 4.78 is 1.11. The Hall–Kier alpha value is 0.200. The first-order chi connectivity index (χ1) is 11.7. The number of nitrogens with one attached hydrogen (secondary N) is 1. The van der Waals surface area contributed by atoms with Gasteiger partial charge in [-0.05, 0) is 43.6 Å². The second-order valence-electron chi connectivity index (χ2n) is 6.88. The van der Waals surface area contributed by atoms with E-state index in [0.717, 1.165) is 24.0 Å². The van der Waals surface area contributed by atoms with Crippen LogP contribution in [0, 0.1) is 0 Å². The van der Waals surface area contributed by atoms with Gasteiger partial charge in [0.25, 0.3) is 0 Å². The highest BCUT2D eigenvalue weighted by molar-refractivity contribution is 9.10. The maximum atomic E-state index is 6.23. The number of nitrogens with two attached hydrogens (primary N) is 1. The normalized spacial score (nSPS) is 11.5. The average molecular weight is 470 g/mol. The summed E-state index contributed by atoms with van der Waals surface area (Å²) in [6, 6.07) is 8.48. The monoisotopic (exact) mass is 468 g/mol. The topological polar surface area (TPSA) is 38.0 Å². The van der Waals surface area contributed by atoms with Crippen LogP contribution in [0.1, 0.15) is 89.2 Å². The molecular formula is C21H39BrCl2N2. The molecule has 0 heterocycles. The minimum absolute atomic E-state index is 0. The van der Waals surface area contributed by atoms with E-state index < -0.39 is 0 Å². The molecule has 0 bridgehead atoms. The van der Waals surface area contributed by atoms with E-state index in [9.17, 15) is 0 Å². The second kappa shape index (κ2) is 19.9. The molecule has 1 aromatic carbocycles. The number of hydrogen-bond donors (Lipinski definition) is 2. The van der Waals surface area contributed by atoms with Gasteiger partial charge in [-0.3, -0.25) is 0 Å². The predicted octanol–water partition coefficient (Wildman–Crippen LogP) is 7.19. The highest BCUT2D eigenvalue weighted by atomic mass is 79.9. The van der Waals surface area contributed by atoms with Crippen LogP contribution in [0.4, 0.5) is 0 Å². The molecule has 0 radical (unpaired) electrons. The Morgan fingerprint density at radius 2 is 1.31 bits per heavy atom. The van der Waals surface area contributed by atoms with Crippen molar-refractivity contribution < 1.29 is 0 Å². The molecule has 26 heavy (non-hydrogen) atoms. The van der Waals surface area contributed by atoms with Crippen LogP contribution in [-0.2, 0) is 0 Å². The standard InChI is InChI=1S/C21H37BrN2.2ClH/c1-2-3-4-5-6-7-8-9-10-11-17-24-18-16-21(23)19-12-14-20(22)15-13-19;;/h12-15,21,24H,2-11,16-18,23H2,1H3;2*1H. The van der Waals surface area contributed by atoms with Crippen molar-refractivity contribution in [1.29, 1.82) is 0 Å². The van der Waals surface area contributed by atoms with E-state index in [1.807, 2.05) is 0 Å². The van der Waals surface area contributed by atoms with Crippen LogP contribution in [-0.4, -0.2) is 13.1 Å². The van der Waals surface area contributed by atoms with Crippen LogP contribution in [0.5, 0.6) is 0 Å². The van der Waals surface area contributed by atoms with Crippen molar-refractivity contribution >= 4 is 40.7 Å². The van der Waals surface area contributed by atoms with Crippen LogP contribution in [0.2, 0.25) is 0 Å². The largest absolute Gasteiger partial charge is 0.324 e. The van der Waals surface area contributed by atoms with E-state index in [2.05, 4.69) is 52.4 Å². The third kappa shape index (κ3) is 15.3. The van der Waals surface area contributed by atoms with Gasteiger partial charge in [0.2, 0.25) is 0 Å². The Labute approximate surface area is 182 Å². The number of benzene rings is 1. The lowest BCUT2D eigenvalue weighted by Gasteiger charge is -2.12. The lowest BCUT2D eigenvalue weighted by Crippen LogP contribution is -2.22. The van der Waals surface area contributed by atoms with Crippen molar-refractivity contribution in [2.24, 2.45) is 5.73 Å². The maximum absolute atomic E-state index is 6.23. The number of halogens is 3. The third-order valence-electron chi connectivity index (χ3n) is 4.64. The summed E-state index contributed by atoms with van der Waals surface area (Å²) >= 11 is 3.46. The summed E-state index contributed by atoms with van der Waals surface area (Å²) in [5.41, 5.74) is 7.45. The lowest BCUT2D eigenvalue weighted by atomic mass is 10.0. The van der Waals surface area contributed by atoms with Crippen LogP contribution in [0.15, 0.2) is 28.7 Å². The summed E-state index contributed by atoms with van der Waals surface area (Å²) in [4.78, 5) is 0. The van der Waals surface area contributed by atoms with Crippen molar-refractivity contribution in [1.82, 2.24) is 5.32 Å². The second-order valence-corrected chi connectivity index (χ2v) is 7.79. The van der Waals surface area contributed by atoms with Crippen LogP contribution >= 0.6 is 40.7 Å². The van der Waals surface area contributed by atoms with Gasteiger partial charge in [0, 0.05) is 10.5 Å². The number of hydrogen-bond acceptors (Lipinski definition) is 2. The van der Waals surface area contributed by atoms with Gasteiger partial charge in [0.1, 0.15) is 0 Å². The molecule has 0 saturated carbocycles. The quantitative estimate of drug-likeness (QED) is 0.266. The molecule has 1 atom stereocenters. The van der Waals surface area contributed by atoms with Gasteiger partial charge < -0.3 is 11.1 Å². The van der Waals surface area contributed by atoms with Gasteiger partial charge in [-0.2, -0.15) is 0 Å². The zero-order chi connectivity index (χ0) is 17.5. The van der Waals surface area contributed by atoms with E-state index in [1.165, 1.54) is 69.8 Å². The van der Waals surface area contributed by atoms with Crippen molar-refractivity contribution in [2.75, 3.05) is 13.1 Å². The minimum Gasteiger partial charge on any atom is -0.324 e. The molecule has 0 fully saturated rings. The molecule has 1 aromatic rings. The van der Waals surface area contributed by atoms with E-state index in [0.29, 0.717) is 0 Å². The first-order valence-electron chi connectivity index (χ1n) is 9.95. The molecule has 0 amide bonds. The molecular weight excluding hydrogens is 431 g/mol. The first kappa shape index (κ1) is 28.4. The summed E-state index contributed by atoms with van der Waals surface area (Å²) in [5, 5.41) is 3.53. The van der Waals surface area contributed by atoms with E-state index in [4.69, 9.17) is 5.73 Å². The maximum Gasteiger partial charge on any atom is 0.0307 e. The Kier molecular flexibility index (Phi) is 21.8. The molecule has 154 valence electrons. The fourth-order valence-corrected chi connectivity index (χ4v) is 3.26. The molecule has 0 aliphatic rings. The molecule has 0 spiro atoms. The minimum atomic E-state index is 0. The fraction of sp³-hybridized carbons (Fsp3) is 0.714. The van der Waals surface area contributed by atoms with E-state index in [1.54, 1.807) is 0 Å². The van der Waals surface area contributed by atoms with Crippen LogP contribution in [0.25, 0.3) is 0 Å². The first-order valence-corrected chi connectivity index (χ1v) is 10.7. The molecule has 1 rings (SSSR count). The van der Waals surface area contributed by atoms with Gasteiger partial charge in [-0.15, -0.1) is 24.8 Å². The molecule has 3 N–H and O–H groups in total. The summed E-state index contributed by atoms with van der Waals surface area (Å²) in [6.45, 7) is 4.42. The third-order valence-corrected chi connectivity index (χ3v) is 5.17. The zero-order valence-corrected chi connectivity index (χ0v) is 19.6. The summed E-state index contributed by atoms with van der Waals surface area (Å²) in [5.74, 6) is 0. The van der Waals surface area contributed by atoms with Crippen molar-refractivity contribution in [3.63, 3.8) is 0 Å². The summed E-state index contributed by atoms with van der Waals surface area (Å²) in [7, 11) is 0. The molecule has 2 nitrogen and oxygen atoms in total. The Morgan fingerprint density at radius 3 is 1.85 bits per heavy atom. The zero-order valence-electron chi connectivity index (χ0n) is 16.4. The number of unbranched alkanes of at least 4 members (excludes halogenated alkanes) is 9. The molecule has 0 aliphatic heterocycles. The van der Waals surface area contributed by atoms with Crippen molar-refractivity contribution in [3.05, 3.63) is 34.3 Å². The van der Waals surface area contributed by atoms with Crippen molar-refractivity contribution in [2.45, 2.75) is 83.6 Å². The van der Waals surface area contributed by atoms with Gasteiger partial charge in [-0.1, -0.05) is 92.8 Å².